The largest absolute Gasteiger partial charge is 0.469 e. The zero-order valence-corrected chi connectivity index (χ0v) is 51.3. The number of amides is 1. The van der Waals surface area contributed by atoms with Gasteiger partial charge in [-0.1, -0.05) is 147 Å². The molecule has 0 spiro atoms. The average molecular weight is 1060 g/mol. The molecule has 4 unspecified atom stereocenters. The topological polar surface area (TPSA) is 123 Å². The molecule has 4 rings (SSSR count). The van der Waals surface area contributed by atoms with E-state index in [-0.39, 0.29) is 41.1 Å². The quantitative estimate of drug-likeness (QED) is 0.0583. The van der Waals surface area contributed by atoms with Crippen LogP contribution < -0.4 is 10.6 Å². The lowest BCUT2D eigenvalue weighted by atomic mass is 9.88. The number of aliphatic imine (C=N–C) groups is 1. The van der Waals surface area contributed by atoms with E-state index in [1.807, 2.05) is 48.5 Å². The predicted molar refractivity (Wildman–Crippen MR) is 318 cm³/mol. The number of nitrogens with one attached hydrogen (secondary N) is 2. The number of aryl methyl sites for hydroxylation is 3. The third kappa shape index (κ3) is 29.9. The number of ketones is 1. The van der Waals surface area contributed by atoms with Crippen molar-refractivity contribution in [1.29, 1.82) is 0 Å². The number of aldehydes is 1. The highest BCUT2D eigenvalue weighted by Gasteiger charge is 2.29. The number of allylic oxidation sites excluding steroid dienone is 1. The van der Waals surface area contributed by atoms with E-state index in [1.54, 1.807) is 6.92 Å². The standard InChI is InChI=1S/C36H56N2.C10H10F2.C8H15NO3.C6H12O.C3H6O2.C2H6/c1-11-13-15-25(3)31(9)37-35-22-21-33(23-30(35)8)27(5)17-18-28(6)34-20-19-29(7)36(24-34)38-32(10)26(4)16-14-12-2;1-6-4-8(11)10(7-2-3-7)9(12)5-6;1-5(2)7(6(3)10)9-8(11)12-4;1-5(2)6(3)4-7;1-3(4)5-2;1-2/h19-28,38H,10-18H2,1-9H3;4-5,7H,2-3H2,1H3;5,7H,1-4H3,(H,9,11);4-6H,1-3H3;1-2H3;1-2H3/t25?,26?,27?,28-;;;6-;;/m1..1../s1. The Morgan fingerprint density at radius 2 is 1.20 bits per heavy atom. The van der Waals surface area contributed by atoms with E-state index in [2.05, 4.69) is 125 Å². The number of carbonyl (C=O) groups is 4. The van der Waals surface area contributed by atoms with Crippen LogP contribution in [-0.2, 0) is 23.9 Å². The van der Waals surface area contributed by atoms with E-state index < -0.39 is 12.1 Å². The van der Waals surface area contributed by atoms with Crippen molar-refractivity contribution >= 4 is 41.2 Å². The Bertz CT molecular complexity index is 2180. The number of esters is 1. The van der Waals surface area contributed by atoms with Crippen molar-refractivity contribution in [3.8, 4) is 0 Å². The molecule has 2 N–H and O–H groups in total. The van der Waals surface area contributed by atoms with Crippen molar-refractivity contribution in [2.24, 2.45) is 34.6 Å². The minimum Gasteiger partial charge on any atom is -0.469 e. The van der Waals surface area contributed by atoms with E-state index >= 15 is 0 Å². The van der Waals surface area contributed by atoms with Gasteiger partial charge in [-0.15, -0.1) is 0 Å². The van der Waals surface area contributed by atoms with Crippen LogP contribution in [-0.4, -0.2) is 50.1 Å². The van der Waals surface area contributed by atoms with Gasteiger partial charge in [-0.3, -0.25) is 14.6 Å². The van der Waals surface area contributed by atoms with Gasteiger partial charge in [0.25, 0.3) is 0 Å². The van der Waals surface area contributed by atoms with Crippen LogP contribution in [0.1, 0.15) is 226 Å². The summed E-state index contributed by atoms with van der Waals surface area (Å²) in [6.07, 6.45) is 12.1. The van der Waals surface area contributed by atoms with Gasteiger partial charge in [-0.25, -0.2) is 13.6 Å². The van der Waals surface area contributed by atoms with E-state index in [0.29, 0.717) is 40.7 Å². The van der Waals surface area contributed by atoms with Gasteiger partial charge in [0.05, 0.1) is 25.9 Å². The van der Waals surface area contributed by atoms with Crippen LogP contribution in [0, 0.1) is 62.0 Å². The first kappa shape index (κ1) is 72.9. The summed E-state index contributed by atoms with van der Waals surface area (Å²) in [6.45, 7) is 43.0. The molecule has 3 aromatic carbocycles. The Hall–Kier alpha value is -5.19. The van der Waals surface area contributed by atoms with Gasteiger partial charge in [-0.05, 0) is 167 Å². The number of methoxy groups -OCH3 is 2. The van der Waals surface area contributed by atoms with Crippen molar-refractivity contribution in [3.63, 3.8) is 0 Å². The highest BCUT2D eigenvalue weighted by molar-refractivity contribution is 5.87. The number of hydrogen-bond donors (Lipinski definition) is 2. The number of halogens is 2. The summed E-state index contributed by atoms with van der Waals surface area (Å²) in [6, 6.07) is 16.2. The highest BCUT2D eigenvalue weighted by Crippen LogP contribution is 2.42. The molecule has 11 heteroatoms. The number of alkyl carbamates (subject to hydrolysis) is 1. The molecule has 0 aromatic heterocycles. The molecule has 6 atom stereocenters. The first-order valence-electron chi connectivity index (χ1n) is 28.2. The number of nitrogens with zero attached hydrogens (tertiary/aromatic N) is 1. The zero-order valence-electron chi connectivity index (χ0n) is 51.3. The first-order valence-corrected chi connectivity index (χ1v) is 28.2. The maximum atomic E-state index is 13.2. The zero-order chi connectivity index (χ0) is 58.8. The van der Waals surface area contributed by atoms with Crippen molar-refractivity contribution in [2.75, 3.05) is 19.5 Å². The lowest BCUT2D eigenvalue weighted by Crippen LogP contribution is -2.43. The van der Waals surface area contributed by atoms with Crippen LogP contribution >= 0.6 is 0 Å². The molecule has 1 fully saturated rings. The van der Waals surface area contributed by atoms with Crippen LogP contribution in [0.4, 0.5) is 25.0 Å². The summed E-state index contributed by atoms with van der Waals surface area (Å²) in [5, 5.41) is 6.10. The Morgan fingerprint density at radius 3 is 1.59 bits per heavy atom. The summed E-state index contributed by atoms with van der Waals surface area (Å²) < 4.78 is 34.8. The minimum absolute atomic E-state index is 0.0598. The summed E-state index contributed by atoms with van der Waals surface area (Å²) in [7, 11) is 2.62. The molecule has 430 valence electrons. The fourth-order valence-electron chi connectivity index (χ4n) is 7.58. The van der Waals surface area contributed by atoms with Crippen LogP contribution in [0.2, 0.25) is 0 Å². The number of Topliss-reactive ketones (excluding diaryl/α,β-unsaturated/α-hetero) is 1. The van der Waals surface area contributed by atoms with Gasteiger partial charge < -0.3 is 24.9 Å². The van der Waals surface area contributed by atoms with E-state index in [4.69, 9.17) is 4.99 Å². The van der Waals surface area contributed by atoms with E-state index in [1.165, 1.54) is 125 Å². The number of benzene rings is 3. The molecular weight excluding hydrogens is 957 g/mol. The summed E-state index contributed by atoms with van der Waals surface area (Å²) >= 11 is 0. The normalized spacial score (nSPS) is 14.0. The highest BCUT2D eigenvalue weighted by atomic mass is 19.1. The molecule has 3 aromatic rings. The lowest BCUT2D eigenvalue weighted by molar-refractivity contribution is -0.138. The third-order valence-electron chi connectivity index (χ3n) is 13.9. The second-order valence-corrected chi connectivity index (χ2v) is 21.3. The fraction of sp³-hybridized carbons (Fsp3) is 0.615. The fourth-order valence-corrected chi connectivity index (χ4v) is 7.58. The third-order valence-corrected chi connectivity index (χ3v) is 13.9. The van der Waals surface area contributed by atoms with Gasteiger partial charge in [0.1, 0.15) is 17.9 Å². The number of rotatable bonds is 22. The molecule has 1 amide bonds. The van der Waals surface area contributed by atoms with Gasteiger partial charge in [0.15, 0.2) is 5.78 Å². The molecule has 0 heterocycles. The minimum atomic E-state index is -0.566. The number of hydrogen-bond acceptors (Lipinski definition) is 8. The van der Waals surface area contributed by atoms with E-state index in [9.17, 15) is 28.0 Å². The summed E-state index contributed by atoms with van der Waals surface area (Å²) in [5.74, 6) is 1.97. The molecule has 0 aliphatic heterocycles. The first-order chi connectivity index (χ1) is 35.7. The van der Waals surface area contributed by atoms with Gasteiger partial charge in [0.2, 0.25) is 0 Å². The van der Waals surface area contributed by atoms with Gasteiger partial charge in [-0.2, -0.15) is 0 Å². The molecule has 9 nitrogen and oxygen atoms in total. The molecule has 1 saturated carbocycles. The van der Waals surface area contributed by atoms with Crippen LogP contribution in [0.15, 0.2) is 65.8 Å². The average Bonchev–Trinajstić information content (AvgIpc) is 4.22. The molecule has 1 aliphatic rings. The Morgan fingerprint density at radius 1 is 0.711 bits per heavy atom. The van der Waals surface area contributed by atoms with Crippen LogP contribution in [0.5, 0.6) is 0 Å². The molecule has 1 aliphatic carbocycles. The Labute approximate surface area is 461 Å². The van der Waals surface area contributed by atoms with Crippen molar-refractivity contribution in [3.05, 3.63) is 106 Å². The second-order valence-electron chi connectivity index (χ2n) is 21.3. The van der Waals surface area contributed by atoms with Crippen LogP contribution in [0.3, 0.4) is 0 Å². The molecule has 0 radical (unpaired) electrons. The van der Waals surface area contributed by atoms with E-state index in [0.717, 1.165) is 30.5 Å². The Kier molecular flexibility index (Phi) is 38.4. The molecular formula is C65H105F2N3O6. The molecule has 0 bridgehead atoms. The maximum absolute atomic E-state index is 13.2. The maximum Gasteiger partial charge on any atom is 0.407 e. The number of unbranched alkanes of at least 4 members (excludes halogenated alkanes) is 2. The Balaban J connectivity index is 0. The number of carbonyl (C=O) groups excluding carboxylic acids is 4. The SMILES string of the molecule is C=C(Nc1cc([C@H](C)CCC(C)c2ccc(N=C(C)C(C)CCCC)c(C)c2)ccc1C)C(C)CCCC.CC.CC(C)[C@H](C)C=O.COC(=O)NC(C(C)=O)C(C)C.COC(C)=O.Cc1cc(F)c(C2CC2)c(F)c1. The van der Waals surface area contributed by atoms with Crippen molar-refractivity contribution in [2.45, 2.75) is 220 Å². The second kappa shape index (κ2) is 40.1. The van der Waals surface area contributed by atoms with Gasteiger partial charge >= 0.3 is 12.1 Å². The summed E-state index contributed by atoms with van der Waals surface area (Å²) in [5.41, 5.74) is 11.1. The van der Waals surface area contributed by atoms with Gasteiger partial charge in [0, 0.05) is 35.5 Å². The molecule has 0 saturated heterocycles. The van der Waals surface area contributed by atoms with Crippen LogP contribution in [0.25, 0.3) is 0 Å². The smallest absolute Gasteiger partial charge is 0.407 e. The van der Waals surface area contributed by atoms with Crippen molar-refractivity contribution < 1.29 is 37.4 Å². The monoisotopic (exact) mass is 1060 g/mol. The molecule has 76 heavy (non-hydrogen) atoms. The predicted octanol–water partition coefficient (Wildman–Crippen LogP) is 18.5. The lowest BCUT2D eigenvalue weighted by Gasteiger charge is -2.21. The van der Waals surface area contributed by atoms with Crippen molar-refractivity contribution in [1.82, 2.24) is 5.32 Å². The summed E-state index contributed by atoms with van der Waals surface area (Å²) in [4.78, 5) is 46.2. The number of anilines is 1. The number of ether oxygens (including phenoxy) is 2.